The van der Waals surface area contributed by atoms with Crippen LogP contribution in [0.25, 0.3) is 0 Å². The van der Waals surface area contributed by atoms with Crippen LogP contribution >= 0.6 is 0 Å². The summed E-state index contributed by atoms with van der Waals surface area (Å²) in [6.07, 6.45) is 1.60. The van der Waals surface area contributed by atoms with Crippen molar-refractivity contribution in [2.24, 2.45) is 0 Å². The molecule has 0 radical (unpaired) electrons. The predicted octanol–water partition coefficient (Wildman–Crippen LogP) is 5.89. The molecule has 1 fully saturated rings. The SMILES string of the molecule is CCCCC(F)C1=C[C@H]2OC(C)(C)O[C@H]2[C@@H](CO[Si](c2ccccc2)(c2ccccc2)C(C)(C)C)O1. The molecule has 2 aromatic rings. The average Bonchev–Trinajstić information content (AvgIpc) is 3.17. The van der Waals surface area contributed by atoms with Crippen molar-refractivity contribution in [2.45, 2.75) is 96.1 Å². The summed E-state index contributed by atoms with van der Waals surface area (Å²) in [7, 11) is -2.77. The number of hydrogen-bond donors (Lipinski definition) is 0. The number of fused-ring (bicyclic) bond motifs is 1. The van der Waals surface area contributed by atoms with Crippen molar-refractivity contribution in [3.63, 3.8) is 0 Å². The van der Waals surface area contributed by atoms with Gasteiger partial charge in [-0.05, 0) is 41.8 Å². The Bertz CT molecular complexity index is 979. The van der Waals surface area contributed by atoms with Gasteiger partial charge in [0.05, 0.1) is 6.61 Å². The molecule has 4 rings (SSSR count). The van der Waals surface area contributed by atoms with Gasteiger partial charge < -0.3 is 18.6 Å². The summed E-state index contributed by atoms with van der Waals surface area (Å²) in [6, 6.07) is 21.0. The third-order valence-corrected chi connectivity index (χ3v) is 12.2. The zero-order valence-electron chi connectivity index (χ0n) is 22.5. The maximum atomic E-state index is 15.2. The van der Waals surface area contributed by atoms with Crippen molar-refractivity contribution in [3.8, 4) is 0 Å². The Balaban J connectivity index is 1.69. The molecule has 0 N–H and O–H groups in total. The Morgan fingerprint density at radius 3 is 2.08 bits per heavy atom. The third-order valence-electron chi connectivity index (χ3n) is 7.15. The highest BCUT2D eigenvalue weighted by atomic mass is 28.4. The van der Waals surface area contributed by atoms with Gasteiger partial charge in [-0.2, -0.15) is 0 Å². The summed E-state index contributed by atoms with van der Waals surface area (Å²) in [5.41, 5.74) is 0. The summed E-state index contributed by atoms with van der Waals surface area (Å²) < 4.78 is 41.0. The molecule has 1 saturated heterocycles. The highest BCUT2D eigenvalue weighted by molar-refractivity contribution is 6.99. The fourth-order valence-electron chi connectivity index (χ4n) is 5.48. The van der Waals surface area contributed by atoms with E-state index in [1.807, 2.05) is 26.0 Å². The highest BCUT2D eigenvalue weighted by Gasteiger charge is 2.53. The second-order valence-corrected chi connectivity index (χ2v) is 15.7. The van der Waals surface area contributed by atoms with Gasteiger partial charge in [0, 0.05) is 0 Å². The van der Waals surface area contributed by atoms with Crippen LogP contribution in [-0.2, 0) is 18.6 Å². The minimum Gasteiger partial charge on any atom is -0.487 e. The molecule has 0 aromatic heterocycles. The van der Waals surface area contributed by atoms with Gasteiger partial charge in [-0.15, -0.1) is 0 Å². The largest absolute Gasteiger partial charge is 0.487 e. The first-order valence-electron chi connectivity index (χ1n) is 13.2. The Labute approximate surface area is 216 Å². The maximum Gasteiger partial charge on any atom is 0.261 e. The quantitative estimate of drug-likeness (QED) is 0.393. The second-order valence-electron chi connectivity index (χ2n) is 11.4. The van der Waals surface area contributed by atoms with Crippen LogP contribution in [0.2, 0.25) is 5.04 Å². The number of halogens is 1. The van der Waals surface area contributed by atoms with E-state index in [1.54, 1.807) is 6.08 Å². The first-order valence-corrected chi connectivity index (χ1v) is 15.1. The van der Waals surface area contributed by atoms with Gasteiger partial charge >= 0.3 is 0 Å². The number of benzene rings is 2. The van der Waals surface area contributed by atoms with Crippen LogP contribution in [0.5, 0.6) is 0 Å². The lowest BCUT2D eigenvalue weighted by Gasteiger charge is -2.44. The molecule has 0 spiro atoms. The molecule has 6 heteroatoms. The van der Waals surface area contributed by atoms with E-state index < -0.39 is 26.4 Å². The van der Waals surface area contributed by atoms with Gasteiger partial charge in [-0.25, -0.2) is 4.39 Å². The number of ether oxygens (including phenoxy) is 3. The fourth-order valence-corrected chi connectivity index (χ4v) is 10.0. The van der Waals surface area contributed by atoms with Crippen molar-refractivity contribution in [1.82, 2.24) is 0 Å². The van der Waals surface area contributed by atoms with E-state index in [4.69, 9.17) is 18.6 Å². The third kappa shape index (κ3) is 5.47. The van der Waals surface area contributed by atoms with Crippen LogP contribution < -0.4 is 10.4 Å². The van der Waals surface area contributed by atoms with E-state index in [1.165, 1.54) is 10.4 Å². The summed E-state index contributed by atoms with van der Waals surface area (Å²) >= 11 is 0. The van der Waals surface area contributed by atoms with E-state index in [0.29, 0.717) is 12.2 Å². The molecule has 0 saturated carbocycles. The lowest BCUT2D eigenvalue weighted by atomic mass is 10.0. The Kier molecular flexibility index (Phi) is 8.10. The molecule has 4 atom stereocenters. The zero-order valence-corrected chi connectivity index (χ0v) is 23.5. The molecule has 36 heavy (non-hydrogen) atoms. The van der Waals surface area contributed by atoms with Crippen LogP contribution in [0.4, 0.5) is 4.39 Å². The van der Waals surface area contributed by atoms with Crippen molar-refractivity contribution >= 4 is 18.7 Å². The van der Waals surface area contributed by atoms with Gasteiger partial charge in [-0.3, -0.25) is 0 Å². The molecule has 2 aliphatic heterocycles. The summed E-state index contributed by atoms with van der Waals surface area (Å²) in [4.78, 5) is 0. The van der Waals surface area contributed by atoms with Crippen molar-refractivity contribution in [2.75, 3.05) is 6.61 Å². The lowest BCUT2D eigenvalue weighted by molar-refractivity contribution is -0.156. The molecule has 2 heterocycles. The van der Waals surface area contributed by atoms with Gasteiger partial charge in [-0.1, -0.05) is 101 Å². The topological polar surface area (TPSA) is 36.9 Å². The van der Waals surface area contributed by atoms with Crippen LogP contribution in [-0.4, -0.2) is 45.2 Å². The van der Waals surface area contributed by atoms with Crippen molar-refractivity contribution < 1.29 is 23.0 Å². The standard InChI is InChI=1S/C30H41FO4Si/c1-7-8-19-24(31)25-20-26-28(35-30(5,6)34-26)27(33-25)21-32-36(29(2,3)4,22-15-11-9-12-16-22)23-17-13-10-14-18-23/h9-18,20,24,26-28H,7-8,19,21H2,1-6H3/t24?,26-,27-,28-/m1/s1. The Morgan fingerprint density at radius 2 is 1.56 bits per heavy atom. The second kappa shape index (κ2) is 10.8. The van der Waals surface area contributed by atoms with E-state index >= 15 is 4.39 Å². The van der Waals surface area contributed by atoms with Gasteiger partial charge in [0.15, 0.2) is 12.0 Å². The monoisotopic (exact) mass is 512 g/mol. The van der Waals surface area contributed by atoms with Crippen molar-refractivity contribution in [3.05, 3.63) is 72.5 Å². The normalized spacial score (nSPS) is 24.5. The lowest BCUT2D eigenvalue weighted by Crippen LogP contribution is -2.67. The molecule has 2 aliphatic rings. The van der Waals surface area contributed by atoms with Crippen LogP contribution in [0, 0.1) is 0 Å². The maximum absolute atomic E-state index is 15.2. The molecule has 2 aromatic carbocycles. The minimum atomic E-state index is -2.77. The molecule has 0 aliphatic carbocycles. The molecule has 0 amide bonds. The number of allylic oxidation sites excluding steroid dienone is 1. The Morgan fingerprint density at radius 1 is 0.972 bits per heavy atom. The van der Waals surface area contributed by atoms with Crippen molar-refractivity contribution in [1.29, 1.82) is 0 Å². The summed E-state index contributed by atoms with van der Waals surface area (Å²) in [5, 5.41) is 2.22. The fraction of sp³-hybridized carbons (Fsp3) is 0.533. The summed E-state index contributed by atoms with van der Waals surface area (Å²) in [6.45, 7) is 12.9. The first kappa shape index (κ1) is 27.1. The smallest absolute Gasteiger partial charge is 0.261 e. The minimum absolute atomic E-state index is 0.168. The van der Waals surface area contributed by atoms with Crippen LogP contribution in [0.3, 0.4) is 0 Å². The molecule has 1 unspecified atom stereocenters. The van der Waals surface area contributed by atoms with E-state index in [9.17, 15) is 0 Å². The van der Waals surface area contributed by atoms with Crippen LogP contribution in [0.1, 0.15) is 60.8 Å². The molecular formula is C30H41FO4Si. The Hall–Kier alpha value is -1.99. The van der Waals surface area contributed by atoms with Gasteiger partial charge in [0.25, 0.3) is 8.32 Å². The summed E-state index contributed by atoms with van der Waals surface area (Å²) in [5.74, 6) is -0.419. The molecule has 196 valence electrons. The van der Waals surface area contributed by atoms with Gasteiger partial charge in [0.2, 0.25) is 0 Å². The van der Waals surface area contributed by atoms with E-state index in [2.05, 4.69) is 76.2 Å². The average molecular weight is 513 g/mol. The highest BCUT2D eigenvalue weighted by Crippen LogP contribution is 2.40. The van der Waals surface area contributed by atoms with E-state index in [0.717, 1.165) is 12.8 Å². The number of unbranched alkanes of at least 4 members (excludes halogenated alkanes) is 1. The zero-order chi connectivity index (χ0) is 26.0. The number of alkyl halides is 1. The van der Waals surface area contributed by atoms with Crippen LogP contribution in [0.15, 0.2) is 72.5 Å². The number of hydrogen-bond acceptors (Lipinski definition) is 4. The molecule has 4 nitrogen and oxygen atoms in total. The van der Waals surface area contributed by atoms with Gasteiger partial charge in [0.1, 0.15) is 24.1 Å². The molecule has 0 bridgehead atoms. The first-order chi connectivity index (χ1) is 17.1. The number of rotatable bonds is 9. The molecular weight excluding hydrogens is 471 g/mol. The predicted molar refractivity (Wildman–Crippen MR) is 145 cm³/mol. The van der Waals surface area contributed by atoms with E-state index in [-0.39, 0.29) is 23.9 Å².